The summed E-state index contributed by atoms with van der Waals surface area (Å²) in [6.07, 6.45) is 0.692. The molecule has 0 spiro atoms. The molecule has 9 heteroatoms. The van der Waals surface area contributed by atoms with Crippen LogP contribution in [0.2, 0.25) is 0 Å². The van der Waals surface area contributed by atoms with Gasteiger partial charge in [-0.05, 0) is 56.2 Å². The first kappa shape index (κ1) is 21.6. The number of hydrogen-bond donors (Lipinski definition) is 3. The standard InChI is InChI=1S/C21H26N4O4S/c1-15(2)23-21(27)24-18-9-7-17(8-10-18)20(26)22-12-14-30(28,29)25-13-11-16-5-3-4-6-19(16)25/h3-10,15H,11-14H2,1-2H3,(H,22,26)(H2,23,24,27). The number of urea groups is 1. The minimum Gasteiger partial charge on any atom is -0.351 e. The van der Waals surface area contributed by atoms with Gasteiger partial charge in [0.1, 0.15) is 0 Å². The normalized spacial score (nSPS) is 13.1. The summed E-state index contributed by atoms with van der Waals surface area (Å²) in [7, 11) is -3.52. The lowest BCUT2D eigenvalue weighted by atomic mass is 10.2. The van der Waals surface area contributed by atoms with E-state index in [9.17, 15) is 18.0 Å². The fourth-order valence-electron chi connectivity index (χ4n) is 3.24. The van der Waals surface area contributed by atoms with Crippen LogP contribution in [-0.2, 0) is 16.4 Å². The van der Waals surface area contributed by atoms with Crippen molar-refractivity contribution in [1.82, 2.24) is 10.6 Å². The molecule has 1 aliphatic rings. The molecule has 0 saturated heterocycles. The second-order valence-corrected chi connectivity index (χ2v) is 9.37. The molecule has 0 unspecified atom stereocenters. The third-order valence-corrected chi connectivity index (χ3v) is 6.42. The maximum atomic E-state index is 12.7. The Kier molecular flexibility index (Phi) is 6.61. The van der Waals surface area contributed by atoms with Crippen molar-refractivity contribution in [2.75, 3.05) is 28.5 Å². The Morgan fingerprint density at radius 3 is 2.47 bits per heavy atom. The molecule has 160 valence electrons. The molecule has 1 aliphatic heterocycles. The van der Waals surface area contributed by atoms with Crippen molar-refractivity contribution in [1.29, 1.82) is 0 Å². The summed E-state index contributed by atoms with van der Waals surface area (Å²) >= 11 is 0. The number of fused-ring (bicyclic) bond motifs is 1. The number of nitrogens with one attached hydrogen (secondary N) is 3. The van der Waals surface area contributed by atoms with Gasteiger partial charge in [-0.3, -0.25) is 9.10 Å². The van der Waals surface area contributed by atoms with Crippen molar-refractivity contribution in [3.63, 3.8) is 0 Å². The quantitative estimate of drug-likeness (QED) is 0.627. The monoisotopic (exact) mass is 430 g/mol. The molecule has 0 fully saturated rings. The molecule has 1 heterocycles. The van der Waals surface area contributed by atoms with Crippen molar-refractivity contribution in [3.8, 4) is 0 Å². The van der Waals surface area contributed by atoms with Gasteiger partial charge in [-0.15, -0.1) is 0 Å². The molecular formula is C21H26N4O4S. The van der Waals surface area contributed by atoms with E-state index in [0.29, 0.717) is 29.9 Å². The van der Waals surface area contributed by atoms with Gasteiger partial charge in [0, 0.05) is 30.4 Å². The van der Waals surface area contributed by atoms with Crippen molar-refractivity contribution in [3.05, 3.63) is 59.7 Å². The van der Waals surface area contributed by atoms with Crippen LogP contribution in [0.1, 0.15) is 29.8 Å². The van der Waals surface area contributed by atoms with Gasteiger partial charge in [-0.2, -0.15) is 0 Å². The van der Waals surface area contributed by atoms with Crippen LogP contribution in [0.5, 0.6) is 0 Å². The highest BCUT2D eigenvalue weighted by Crippen LogP contribution is 2.29. The van der Waals surface area contributed by atoms with Crippen LogP contribution >= 0.6 is 0 Å². The van der Waals surface area contributed by atoms with Crippen LogP contribution < -0.4 is 20.3 Å². The van der Waals surface area contributed by atoms with Crippen LogP contribution in [-0.4, -0.2) is 45.2 Å². The molecule has 0 bridgehead atoms. The number of nitrogens with zero attached hydrogens (tertiary/aromatic N) is 1. The lowest BCUT2D eigenvalue weighted by Gasteiger charge is -2.19. The van der Waals surface area contributed by atoms with Crippen LogP contribution in [0.25, 0.3) is 0 Å². The molecule has 3 rings (SSSR count). The van der Waals surface area contributed by atoms with E-state index in [-0.39, 0.29) is 30.3 Å². The molecule has 2 aromatic carbocycles. The Hall–Kier alpha value is -3.07. The Bertz CT molecular complexity index is 1020. The Morgan fingerprint density at radius 2 is 1.77 bits per heavy atom. The van der Waals surface area contributed by atoms with Gasteiger partial charge in [0.15, 0.2) is 0 Å². The van der Waals surface area contributed by atoms with Crippen LogP contribution in [0.4, 0.5) is 16.2 Å². The molecule has 30 heavy (non-hydrogen) atoms. The minimum absolute atomic E-state index is 0.0105. The zero-order valence-corrected chi connectivity index (χ0v) is 17.8. The van der Waals surface area contributed by atoms with Gasteiger partial charge in [0.25, 0.3) is 5.91 Å². The number of carbonyl (C=O) groups excluding carboxylic acids is 2. The largest absolute Gasteiger partial charge is 0.351 e. The van der Waals surface area contributed by atoms with Gasteiger partial charge < -0.3 is 16.0 Å². The minimum atomic E-state index is -3.52. The van der Waals surface area contributed by atoms with E-state index in [1.807, 2.05) is 32.0 Å². The Morgan fingerprint density at radius 1 is 1.07 bits per heavy atom. The van der Waals surface area contributed by atoms with E-state index >= 15 is 0 Å². The second kappa shape index (κ2) is 9.17. The SMILES string of the molecule is CC(C)NC(=O)Nc1ccc(C(=O)NCCS(=O)(=O)N2CCc3ccccc32)cc1. The summed E-state index contributed by atoms with van der Waals surface area (Å²) in [5.41, 5.74) is 2.67. The summed E-state index contributed by atoms with van der Waals surface area (Å²) in [6.45, 7) is 4.15. The summed E-state index contributed by atoms with van der Waals surface area (Å²) < 4.78 is 26.7. The second-order valence-electron chi connectivity index (χ2n) is 7.35. The molecule has 2 aromatic rings. The maximum Gasteiger partial charge on any atom is 0.319 e. The summed E-state index contributed by atoms with van der Waals surface area (Å²) in [5.74, 6) is -0.549. The van der Waals surface area contributed by atoms with E-state index in [0.717, 1.165) is 5.56 Å². The van der Waals surface area contributed by atoms with E-state index in [1.54, 1.807) is 30.3 Å². The average molecular weight is 431 g/mol. The third kappa shape index (κ3) is 5.29. The predicted molar refractivity (Wildman–Crippen MR) is 117 cm³/mol. The van der Waals surface area contributed by atoms with Gasteiger partial charge in [-0.1, -0.05) is 18.2 Å². The molecule has 0 aliphatic carbocycles. The number of para-hydroxylation sites is 1. The van der Waals surface area contributed by atoms with E-state index in [2.05, 4.69) is 16.0 Å². The molecule has 3 N–H and O–H groups in total. The van der Waals surface area contributed by atoms with Gasteiger partial charge in [0.05, 0.1) is 11.4 Å². The van der Waals surface area contributed by atoms with Gasteiger partial charge in [-0.25, -0.2) is 13.2 Å². The van der Waals surface area contributed by atoms with E-state index in [1.165, 1.54) is 4.31 Å². The highest BCUT2D eigenvalue weighted by atomic mass is 32.2. The van der Waals surface area contributed by atoms with Gasteiger partial charge in [0.2, 0.25) is 10.0 Å². The first-order valence-corrected chi connectivity index (χ1v) is 11.4. The first-order valence-electron chi connectivity index (χ1n) is 9.80. The Labute approximate surface area is 176 Å². The smallest absolute Gasteiger partial charge is 0.319 e. The molecule has 0 aromatic heterocycles. The van der Waals surface area contributed by atoms with E-state index < -0.39 is 10.0 Å². The number of carbonyl (C=O) groups is 2. The summed E-state index contributed by atoms with van der Waals surface area (Å²) in [4.78, 5) is 24.0. The van der Waals surface area contributed by atoms with Crippen molar-refractivity contribution in [2.24, 2.45) is 0 Å². The fourth-order valence-corrected chi connectivity index (χ4v) is 4.66. The number of rotatable bonds is 7. The van der Waals surface area contributed by atoms with Crippen LogP contribution in [0.3, 0.4) is 0 Å². The van der Waals surface area contributed by atoms with Gasteiger partial charge >= 0.3 is 6.03 Å². The average Bonchev–Trinajstić information content (AvgIpc) is 3.13. The summed E-state index contributed by atoms with van der Waals surface area (Å²) in [6, 6.07) is 13.5. The van der Waals surface area contributed by atoms with Crippen molar-refractivity contribution in [2.45, 2.75) is 26.3 Å². The number of sulfonamides is 1. The maximum absolute atomic E-state index is 12.7. The molecule has 0 radical (unpaired) electrons. The molecule has 0 saturated carbocycles. The lowest BCUT2D eigenvalue weighted by Crippen LogP contribution is -2.37. The van der Waals surface area contributed by atoms with E-state index in [4.69, 9.17) is 0 Å². The number of anilines is 2. The van der Waals surface area contributed by atoms with Crippen LogP contribution in [0, 0.1) is 0 Å². The zero-order valence-electron chi connectivity index (χ0n) is 17.0. The Balaban J connectivity index is 1.51. The summed E-state index contributed by atoms with van der Waals surface area (Å²) in [5, 5.41) is 8.03. The molecule has 0 atom stereocenters. The highest BCUT2D eigenvalue weighted by Gasteiger charge is 2.28. The predicted octanol–water partition coefficient (Wildman–Crippen LogP) is 2.34. The third-order valence-electron chi connectivity index (χ3n) is 4.65. The highest BCUT2D eigenvalue weighted by molar-refractivity contribution is 7.92. The zero-order chi connectivity index (χ0) is 21.7. The first-order chi connectivity index (χ1) is 14.3. The van der Waals surface area contributed by atoms with Crippen molar-refractivity contribution < 1.29 is 18.0 Å². The number of hydrogen-bond acceptors (Lipinski definition) is 4. The number of benzene rings is 2. The van der Waals surface area contributed by atoms with Crippen LogP contribution in [0.15, 0.2) is 48.5 Å². The fraction of sp³-hybridized carbons (Fsp3) is 0.333. The molecule has 3 amide bonds. The topological polar surface area (TPSA) is 108 Å². The number of amides is 3. The lowest BCUT2D eigenvalue weighted by molar-refractivity contribution is 0.0956. The van der Waals surface area contributed by atoms with Crippen molar-refractivity contribution >= 4 is 33.3 Å². The molecular weight excluding hydrogens is 404 g/mol. The molecule has 8 nitrogen and oxygen atoms in total.